The summed E-state index contributed by atoms with van der Waals surface area (Å²) >= 11 is 0. The topological polar surface area (TPSA) is 52.3 Å². The molecule has 1 heterocycles. The molecule has 1 unspecified atom stereocenters. The van der Waals surface area contributed by atoms with Crippen molar-refractivity contribution in [3.63, 3.8) is 0 Å². The average Bonchev–Trinajstić information content (AvgIpc) is 2.38. The van der Waals surface area contributed by atoms with Crippen LogP contribution in [0.1, 0.15) is 32.6 Å². The third kappa shape index (κ3) is 1.53. The summed E-state index contributed by atoms with van der Waals surface area (Å²) in [5.74, 6) is -0.295. The maximum Gasteiger partial charge on any atom is 0.249 e. The van der Waals surface area contributed by atoms with Crippen molar-refractivity contribution in [3.8, 4) is 0 Å². The maximum absolute atomic E-state index is 11.0. The Bertz CT molecular complexity index is 150. The second kappa shape index (κ2) is 3.22. The highest BCUT2D eigenvalue weighted by molar-refractivity contribution is 5.83. The Hall–Kier alpha value is -0.570. The molecule has 0 aromatic heterocycles. The average molecular weight is 157 g/mol. The van der Waals surface area contributed by atoms with E-state index in [0.29, 0.717) is 6.61 Å². The van der Waals surface area contributed by atoms with E-state index in [1.165, 1.54) is 0 Å². The van der Waals surface area contributed by atoms with Crippen molar-refractivity contribution in [1.82, 2.24) is 0 Å². The predicted molar refractivity (Wildman–Crippen MR) is 42.0 cm³/mol. The molecule has 1 fully saturated rings. The smallest absolute Gasteiger partial charge is 0.249 e. The van der Waals surface area contributed by atoms with Crippen molar-refractivity contribution in [3.05, 3.63) is 0 Å². The number of carbonyl (C=O) groups is 1. The lowest BCUT2D eigenvalue weighted by Gasteiger charge is -2.23. The fourth-order valence-electron chi connectivity index (χ4n) is 1.62. The molecule has 1 aliphatic heterocycles. The molecule has 0 bridgehead atoms. The van der Waals surface area contributed by atoms with Crippen LogP contribution in [-0.2, 0) is 9.53 Å². The van der Waals surface area contributed by atoms with Crippen LogP contribution < -0.4 is 5.73 Å². The molecule has 2 N–H and O–H groups in total. The molecular weight excluding hydrogens is 142 g/mol. The zero-order valence-electron chi connectivity index (χ0n) is 6.93. The molecule has 1 saturated heterocycles. The zero-order valence-corrected chi connectivity index (χ0v) is 6.93. The van der Waals surface area contributed by atoms with Gasteiger partial charge in [0.15, 0.2) is 0 Å². The van der Waals surface area contributed by atoms with Gasteiger partial charge in [0.25, 0.3) is 0 Å². The van der Waals surface area contributed by atoms with E-state index in [-0.39, 0.29) is 5.91 Å². The summed E-state index contributed by atoms with van der Waals surface area (Å²) < 4.78 is 5.37. The molecule has 0 aliphatic carbocycles. The molecule has 0 spiro atoms. The maximum atomic E-state index is 11.0. The Kier molecular flexibility index (Phi) is 2.49. The lowest BCUT2D eigenvalue weighted by atomic mass is 9.94. The van der Waals surface area contributed by atoms with Crippen LogP contribution in [0.3, 0.4) is 0 Å². The minimum atomic E-state index is -0.616. The van der Waals surface area contributed by atoms with E-state index in [4.69, 9.17) is 10.5 Å². The molecule has 1 atom stereocenters. The van der Waals surface area contributed by atoms with Gasteiger partial charge in [-0.3, -0.25) is 4.79 Å². The SMILES string of the molecule is CCCC1(C(N)=O)CCCO1. The van der Waals surface area contributed by atoms with Crippen molar-refractivity contribution >= 4 is 5.91 Å². The molecule has 0 saturated carbocycles. The fourth-order valence-corrected chi connectivity index (χ4v) is 1.62. The Morgan fingerprint density at radius 2 is 2.45 bits per heavy atom. The van der Waals surface area contributed by atoms with Crippen LogP contribution in [0.5, 0.6) is 0 Å². The van der Waals surface area contributed by atoms with Crippen LogP contribution >= 0.6 is 0 Å². The van der Waals surface area contributed by atoms with E-state index in [0.717, 1.165) is 25.7 Å². The lowest BCUT2D eigenvalue weighted by molar-refractivity contribution is -0.138. The number of rotatable bonds is 3. The summed E-state index contributed by atoms with van der Waals surface area (Å²) in [6.45, 7) is 2.72. The second-order valence-electron chi connectivity index (χ2n) is 3.06. The van der Waals surface area contributed by atoms with Crippen LogP contribution in [0.15, 0.2) is 0 Å². The number of hydrogen-bond donors (Lipinski definition) is 1. The standard InChI is InChI=1S/C8H15NO2/c1-2-4-8(7(9)10)5-3-6-11-8/h2-6H2,1H3,(H2,9,10). The van der Waals surface area contributed by atoms with Crippen molar-refractivity contribution in [1.29, 1.82) is 0 Å². The van der Waals surface area contributed by atoms with Gasteiger partial charge in [0.2, 0.25) is 5.91 Å². The number of nitrogens with two attached hydrogens (primary N) is 1. The van der Waals surface area contributed by atoms with E-state index >= 15 is 0 Å². The Labute approximate surface area is 66.9 Å². The minimum Gasteiger partial charge on any atom is -0.367 e. The van der Waals surface area contributed by atoms with Gasteiger partial charge in [0.05, 0.1) is 0 Å². The largest absolute Gasteiger partial charge is 0.367 e. The number of ether oxygens (including phenoxy) is 1. The Morgan fingerprint density at radius 1 is 1.73 bits per heavy atom. The number of amides is 1. The first-order chi connectivity index (χ1) is 5.21. The van der Waals surface area contributed by atoms with Crippen LogP contribution in [-0.4, -0.2) is 18.1 Å². The molecular formula is C8H15NO2. The van der Waals surface area contributed by atoms with Crippen molar-refractivity contribution in [2.45, 2.75) is 38.2 Å². The first kappa shape index (κ1) is 8.53. The molecule has 1 aliphatic rings. The third-order valence-electron chi connectivity index (χ3n) is 2.21. The van der Waals surface area contributed by atoms with Crippen LogP contribution in [0.2, 0.25) is 0 Å². The van der Waals surface area contributed by atoms with Gasteiger partial charge in [0, 0.05) is 6.61 Å². The normalized spacial score (nSPS) is 30.6. The first-order valence-corrected chi connectivity index (χ1v) is 4.15. The van der Waals surface area contributed by atoms with Gasteiger partial charge in [-0.15, -0.1) is 0 Å². The summed E-state index contributed by atoms with van der Waals surface area (Å²) in [7, 11) is 0. The molecule has 0 aromatic rings. The van der Waals surface area contributed by atoms with Crippen molar-refractivity contribution in [2.24, 2.45) is 5.73 Å². The summed E-state index contributed by atoms with van der Waals surface area (Å²) in [6.07, 6.45) is 3.48. The van der Waals surface area contributed by atoms with Crippen molar-refractivity contribution < 1.29 is 9.53 Å². The van der Waals surface area contributed by atoms with E-state index in [9.17, 15) is 4.79 Å². The highest BCUT2D eigenvalue weighted by Crippen LogP contribution is 2.29. The van der Waals surface area contributed by atoms with Gasteiger partial charge in [0.1, 0.15) is 5.60 Å². The minimum absolute atomic E-state index is 0.295. The van der Waals surface area contributed by atoms with Crippen molar-refractivity contribution in [2.75, 3.05) is 6.61 Å². The van der Waals surface area contributed by atoms with Crippen LogP contribution in [0.25, 0.3) is 0 Å². The summed E-state index contributed by atoms with van der Waals surface area (Å²) in [4.78, 5) is 11.0. The quantitative estimate of drug-likeness (QED) is 0.659. The predicted octanol–water partition coefficient (Wildman–Crippen LogP) is 0.821. The molecule has 3 heteroatoms. The summed E-state index contributed by atoms with van der Waals surface area (Å²) in [5.41, 5.74) is 4.64. The Morgan fingerprint density at radius 3 is 2.82 bits per heavy atom. The number of carbonyl (C=O) groups excluding carboxylic acids is 1. The Balaban J connectivity index is 2.62. The molecule has 1 amide bonds. The fraction of sp³-hybridized carbons (Fsp3) is 0.875. The van der Waals surface area contributed by atoms with Gasteiger partial charge >= 0.3 is 0 Å². The highest BCUT2D eigenvalue weighted by Gasteiger charge is 2.39. The summed E-state index contributed by atoms with van der Waals surface area (Å²) in [5, 5.41) is 0. The first-order valence-electron chi connectivity index (χ1n) is 4.15. The van der Waals surface area contributed by atoms with E-state index in [2.05, 4.69) is 0 Å². The highest BCUT2D eigenvalue weighted by atomic mass is 16.5. The van der Waals surface area contributed by atoms with E-state index in [1.54, 1.807) is 0 Å². The van der Waals surface area contributed by atoms with Gasteiger partial charge in [-0.05, 0) is 19.3 Å². The van der Waals surface area contributed by atoms with E-state index in [1.807, 2.05) is 6.92 Å². The number of primary amides is 1. The molecule has 0 aromatic carbocycles. The number of hydrogen-bond acceptors (Lipinski definition) is 2. The molecule has 11 heavy (non-hydrogen) atoms. The lowest BCUT2D eigenvalue weighted by Crippen LogP contribution is -2.43. The van der Waals surface area contributed by atoms with Gasteiger partial charge in [-0.25, -0.2) is 0 Å². The summed E-state index contributed by atoms with van der Waals surface area (Å²) in [6, 6.07) is 0. The van der Waals surface area contributed by atoms with E-state index < -0.39 is 5.60 Å². The van der Waals surface area contributed by atoms with Crippen LogP contribution in [0, 0.1) is 0 Å². The molecule has 64 valence electrons. The van der Waals surface area contributed by atoms with Gasteiger partial charge < -0.3 is 10.5 Å². The molecule has 1 rings (SSSR count). The molecule has 0 radical (unpaired) electrons. The van der Waals surface area contributed by atoms with Gasteiger partial charge in [-0.2, -0.15) is 0 Å². The molecule has 3 nitrogen and oxygen atoms in total. The third-order valence-corrected chi connectivity index (χ3v) is 2.21. The zero-order chi connectivity index (χ0) is 8.32. The second-order valence-corrected chi connectivity index (χ2v) is 3.06. The van der Waals surface area contributed by atoms with Crippen LogP contribution in [0.4, 0.5) is 0 Å². The van der Waals surface area contributed by atoms with Gasteiger partial charge in [-0.1, -0.05) is 13.3 Å². The monoisotopic (exact) mass is 157 g/mol.